The van der Waals surface area contributed by atoms with Crippen LogP contribution in [0.2, 0.25) is 0 Å². The van der Waals surface area contributed by atoms with Gasteiger partial charge in [0.2, 0.25) is 0 Å². The fraction of sp³-hybridized carbons (Fsp3) is 0.615. The van der Waals surface area contributed by atoms with E-state index < -0.39 is 0 Å². The smallest absolute Gasteiger partial charge is 0.145 e. The second-order valence-corrected chi connectivity index (χ2v) is 4.59. The van der Waals surface area contributed by atoms with Gasteiger partial charge in [0.1, 0.15) is 5.75 Å². The summed E-state index contributed by atoms with van der Waals surface area (Å²) in [6.45, 7) is 2.26. The van der Waals surface area contributed by atoms with E-state index in [2.05, 4.69) is 11.9 Å². The van der Waals surface area contributed by atoms with Gasteiger partial charge in [-0.3, -0.25) is 4.98 Å². The van der Waals surface area contributed by atoms with Crippen molar-refractivity contribution < 1.29 is 4.74 Å². The van der Waals surface area contributed by atoms with Gasteiger partial charge in [0.25, 0.3) is 0 Å². The number of aromatic nitrogens is 1. The third-order valence-electron chi connectivity index (χ3n) is 3.42. The molecule has 1 aliphatic carbocycles. The summed E-state index contributed by atoms with van der Waals surface area (Å²) >= 11 is 0. The van der Waals surface area contributed by atoms with Gasteiger partial charge in [0, 0.05) is 12.3 Å². The molecule has 1 heterocycles. The molecule has 1 fully saturated rings. The van der Waals surface area contributed by atoms with E-state index >= 15 is 0 Å². The highest BCUT2D eigenvalue weighted by atomic mass is 16.5. The molecule has 2 unspecified atom stereocenters. The Morgan fingerprint density at radius 3 is 3.12 bits per heavy atom. The maximum Gasteiger partial charge on any atom is 0.145 e. The number of nitrogen functional groups attached to an aromatic ring is 1. The minimum Gasteiger partial charge on any atom is -0.488 e. The largest absolute Gasteiger partial charge is 0.488 e. The van der Waals surface area contributed by atoms with Crippen LogP contribution in [0.15, 0.2) is 18.5 Å². The first-order valence-electron chi connectivity index (χ1n) is 6.15. The highest BCUT2D eigenvalue weighted by Gasteiger charge is 2.22. The SMILES string of the molecule is CCC1CCCC(Oc2ccncc2N)C1. The molecular formula is C13H20N2O. The molecule has 2 rings (SSSR count). The Morgan fingerprint density at radius 2 is 2.38 bits per heavy atom. The molecule has 1 saturated carbocycles. The van der Waals surface area contributed by atoms with E-state index in [1.165, 1.54) is 19.3 Å². The monoisotopic (exact) mass is 220 g/mol. The summed E-state index contributed by atoms with van der Waals surface area (Å²) in [5.41, 5.74) is 6.46. The van der Waals surface area contributed by atoms with Crippen LogP contribution in [-0.4, -0.2) is 11.1 Å². The topological polar surface area (TPSA) is 48.1 Å². The van der Waals surface area contributed by atoms with Crippen LogP contribution in [0.3, 0.4) is 0 Å². The van der Waals surface area contributed by atoms with E-state index in [1.54, 1.807) is 12.4 Å². The van der Waals surface area contributed by atoms with Crippen molar-refractivity contribution in [1.29, 1.82) is 0 Å². The van der Waals surface area contributed by atoms with Crippen molar-refractivity contribution in [2.45, 2.75) is 45.1 Å². The molecule has 1 aliphatic rings. The third kappa shape index (κ3) is 2.65. The van der Waals surface area contributed by atoms with Crippen molar-refractivity contribution in [1.82, 2.24) is 4.98 Å². The number of nitrogens with two attached hydrogens (primary N) is 1. The summed E-state index contributed by atoms with van der Waals surface area (Å²) in [6.07, 6.45) is 9.91. The molecule has 3 heteroatoms. The zero-order chi connectivity index (χ0) is 11.4. The number of nitrogens with zero attached hydrogens (tertiary/aromatic N) is 1. The molecule has 3 nitrogen and oxygen atoms in total. The van der Waals surface area contributed by atoms with E-state index in [-0.39, 0.29) is 0 Å². The Labute approximate surface area is 97.0 Å². The molecule has 0 aliphatic heterocycles. The highest BCUT2D eigenvalue weighted by molar-refractivity contribution is 5.49. The van der Waals surface area contributed by atoms with Crippen molar-refractivity contribution in [3.05, 3.63) is 18.5 Å². The average molecular weight is 220 g/mol. The third-order valence-corrected chi connectivity index (χ3v) is 3.42. The lowest BCUT2D eigenvalue weighted by molar-refractivity contribution is 0.123. The normalized spacial score (nSPS) is 25.3. The van der Waals surface area contributed by atoms with E-state index in [0.29, 0.717) is 11.8 Å². The van der Waals surface area contributed by atoms with Crippen LogP contribution in [0, 0.1) is 5.92 Å². The van der Waals surface area contributed by atoms with E-state index in [0.717, 1.165) is 24.5 Å². The van der Waals surface area contributed by atoms with Gasteiger partial charge in [-0.2, -0.15) is 0 Å². The summed E-state index contributed by atoms with van der Waals surface area (Å²) in [7, 11) is 0. The van der Waals surface area contributed by atoms with Crippen LogP contribution in [0.1, 0.15) is 39.0 Å². The number of pyridine rings is 1. The molecule has 0 bridgehead atoms. The molecule has 0 amide bonds. The van der Waals surface area contributed by atoms with Crippen LogP contribution >= 0.6 is 0 Å². The molecular weight excluding hydrogens is 200 g/mol. The predicted molar refractivity (Wildman–Crippen MR) is 65.3 cm³/mol. The lowest BCUT2D eigenvalue weighted by Crippen LogP contribution is -2.25. The number of hydrogen-bond acceptors (Lipinski definition) is 3. The molecule has 0 spiro atoms. The van der Waals surface area contributed by atoms with Gasteiger partial charge in [-0.25, -0.2) is 0 Å². The van der Waals surface area contributed by atoms with Gasteiger partial charge in [-0.15, -0.1) is 0 Å². The second-order valence-electron chi connectivity index (χ2n) is 4.59. The zero-order valence-corrected chi connectivity index (χ0v) is 9.86. The molecule has 0 saturated heterocycles. The maximum absolute atomic E-state index is 5.95. The van der Waals surface area contributed by atoms with Crippen molar-refractivity contribution in [3.8, 4) is 5.75 Å². The van der Waals surface area contributed by atoms with Gasteiger partial charge in [0.15, 0.2) is 0 Å². The van der Waals surface area contributed by atoms with Crippen molar-refractivity contribution in [2.75, 3.05) is 5.73 Å². The minimum absolute atomic E-state index is 0.336. The van der Waals surface area contributed by atoms with Crippen LogP contribution in [-0.2, 0) is 0 Å². The predicted octanol–water partition coefficient (Wildman–Crippen LogP) is 3.01. The van der Waals surface area contributed by atoms with Gasteiger partial charge in [0.05, 0.1) is 18.0 Å². The molecule has 2 atom stereocenters. The van der Waals surface area contributed by atoms with Crippen LogP contribution in [0.25, 0.3) is 0 Å². The fourth-order valence-corrected chi connectivity index (χ4v) is 2.40. The van der Waals surface area contributed by atoms with Crippen LogP contribution < -0.4 is 10.5 Å². The Morgan fingerprint density at radius 1 is 1.50 bits per heavy atom. The molecule has 16 heavy (non-hydrogen) atoms. The molecule has 1 aromatic heterocycles. The summed E-state index contributed by atoms with van der Waals surface area (Å²) < 4.78 is 5.95. The highest BCUT2D eigenvalue weighted by Crippen LogP contribution is 2.31. The lowest BCUT2D eigenvalue weighted by Gasteiger charge is -2.29. The lowest BCUT2D eigenvalue weighted by atomic mass is 9.85. The van der Waals surface area contributed by atoms with Gasteiger partial charge >= 0.3 is 0 Å². The van der Waals surface area contributed by atoms with Gasteiger partial charge in [-0.1, -0.05) is 19.8 Å². The quantitative estimate of drug-likeness (QED) is 0.851. The first-order valence-corrected chi connectivity index (χ1v) is 6.15. The number of ether oxygens (including phenoxy) is 1. The Kier molecular flexibility index (Phi) is 3.65. The molecule has 2 N–H and O–H groups in total. The van der Waals surface area contributed by atoms with Gasteiger partial charge in [-0.05, 0) is 25.2 Å². The number of rotatable bonds is 3. The maximum atomic E-state index is 5.95. The van der Waals surface area contributed by atoms with Crippen molar-refractivity contribution in [2.24, 2.45) is 5.92 Å². The fourth-order valence-electron chi connectivity index (χ4n) is 2.40. The van der Waals surface area contributed by atoms with E-state index in [4.69, 9.17) is 10.5 Å². The van der Waals surface area contributed by atoms with Crippen LogP contribution in [0.4, 0.5) is 5.69 Å². The summed E-state index contributed by atoms with van der Waals surface area (Å²) in [5, 5.41) is 0. The first kappa shape index (κ1) is 11.2. The zero-order valence-electron chi connectivity index (χ0n) is 9.86. The Bertz CT molecular complexity index is 340. The van der Waals surface area contributed by atoms with Crippen molar-refractivity contribution in [3.63, 3.8) is 0 Å². The molecule has 88 valence electrons. The first-order chi connectivity index (χ1) is 7.79. The minimum atomic E-state index is 0.336. The standard InChI is InChI=1S/C13H20N2O/c1-2-10-4-3-5-11(8-10)16-13-6-7-15-9-12(13)14/h6-7,9-11H,2-5,8,14H2,1H3. The number of anilines is 1. The molecule has 0 radical (unpaired) electrons. The molecule has 1 aromatic rings. The van der Waals surface area contributed by atoms with E-state index in [1.807, 2.05) is 6.07 Å². The summed E-state index contributed by atoms with van der Waals surface area (Å²) in [5.74, 6) is 1.61. The summed E-state index contributed by atoms with van der Waals surface area (Å²) in [6, 6.07) is 1.85. The average Bonchev–Trinajstić information content (AvgIpc) is 2.32. The van der Waals surface area contributed by atoms with E-state index in [9.17, 15) is 0 Å². The van der Waals surface area contributed by atoms with Gasteiger partial charge < -0.3 is 10.5 Å². The Hall–Kier alpha value is -1.25. The van der Waals surface area contributed by atoms with Crippen LogP contribution in [0.5, 0.6) is 5.75 Å². The van der Waals surface area contributed by atoms with Crippen molar-refractivity contribution >= 4 is 5.69 Å². The molecule has 0 aromatic carbocycles. The second kappa shape index (κ2) is 5.19. The number of hydrogen-bond donors (Lipinski definition) is 1. The Balaban J connectivity index is 1.97. The summed E-state index contributed by atoms with van der Waals surface area (Å²) in [4.78, 5) is 3.96.